The summed E-state index contributed by atoms with van der Waals surface area (Å²) in [4.78, 5) is 0. The smallest absolute Gasteiger partial charge is 0.0681 e. The highest BCUT2D eigenvalue weighted by Gasteiger charge is 2.32. The first-order valence-corrected chi connectivity index (χ1v) is 6.21. The summed E-state index contributed by atoms with van der Waals surface area (Å²) < 4.78 is 0. The van der Waals surface area contributed by atoms with Crippen LogP contribution in [0.2, 0.25) is 0 Å². The molecule has 0 heterocycles. The molecule has 1 saturated carbocycles. The van der Waals surface area contributed by atoms with Crippen LogP contribution in [-0.4, -0.2) is 11.7 Å². The van der Waals surface area contributed by atoms with Gasteiger partial charge in [0.25, 0.3) is 0 Å². The highest BCUT2D eigenvalue weighted by Crippen LogP contribution is 2.38. The molecular formula is C14H21NO. The SMILES string of the molecule is NCC1(c2ccc(CO)cc2)CCCCC1. The molecule has 1 fully saturated rings. The average molecular weight is 219 g/mol. The summed E-state index contributed by atoms with van der Waals surface area (Å²) in [5.41, 5.74) is 8.52. The van der Waals surface area contributed by atoms with Gasteiger partial charge in [0.1, 0.15) is 0 Å². The van der Waals surface area contributed by atoms with Gasteiger partial charge in [0.2, 0.25) is 0 Å². The zero-order valence-corrected chi connectivity index (χ0v) is 9.78. The summed E-state index contributed by atoms with van der Waals surface area (Å²) in [6.07, 6.45) is 6.35. The average Bonchev–Trinajstić information content (AvgIpc) is 2.39. The van der Waals surface area contributed by atoms with Crippen LogP contribution in [0, 0.1) is 0 Å². The summed E-state index contributed by atoms with van der Waals surface area (Å²) in [6.45, 7) is 0.862. The minimum absolute atomic E-state index is 0.121. The zero-order chi connectivity index (χ0) is 11.4. The van der Waals surface area contributed by atoms with E-state index < -0.39 is 0 Å². The second kappa shape index (κ2) is 4.98. The molecule has 0 unspecified atom stereocenters. The maximum Gasteiger partial charge on any atom is 0.0681 e. The van der Waals surface area contributed by atoms with Gasteiger partial charge in [-0.3, -0.25) is 0 Å². The van der Waals surface area contributed by atoms with Crippen LogP contribution >= 0.6 is 0 Å². The summed E-state index contributed by atoms with van der Waals surface area (Å²) in [5.74, 6) is 0. The molecule has 2 rings (SSSR count). The topological polar surface area (TPSA) is 46.2 Å². The predicted octanol–water partition coefficient (Wildman–Crippen LogP) is 2.34. The lowest BCUT2D eigenvalue weighted by Gasteiger charge is -2.37. The summed E-state index contributed by atoms with van der Waals surface area (Å²) in [7, 11) is 0. The standard InChI is InChI=1S/C14H21NO/c15-11-14(8-2-1-3-9-14)13-6-4-12(10-16)5-7-13/h4-7,16H,1-3,8-11,15H2. The largest absolute Gasteiger partial charge is 0.392 e. The molecule has 2 heteroatoms. The lowest BCUT2D eigenvalue weighted by molar-refractivity contribution is 0.281. The second-order valence-electron chi connectivity index (χ2n) is 4.90. The van der Waals surface area contributed by atoms with Crippen LogP contribution < -0.4 is 5.73 Å². The molecule has 16 heavy (non-hydrogen) atoms. The van der Waals surface area contributed by atoms with Gasteiger partial charge in [-0.05, 0) is 24.0 Å². The fraction of sp³-hybridized carbons (Fsp3) is 0.571. The highest BCUT2D eigenvalue weighted by molar-refractivity contribution is 5.30. The third-order valence-corrected chi connectivity index (χ3v) is 3.95. The number of benzene rings is 1. The Morgan fingerprint density at radius 1 is 1.06 bits per heavy atom. The van der Waals surface area contributed by atoms with E-state index in [2.05, 4.69) is 12.1 Å². The fourth-order valence-corrected chi connectivity index (χ4v) is 2.80. The molecule has 1 aromatic rings. The van der Waals surface area contributed by atoms with Crippen LogP contribution in [0.1, 0.15) is 43.2 Å². The molecule has 1 aromatic carbocycles. The molecule has 0 bridgehead atoms. The van der Waals surface area contributed by atoms with E-state index in [1.54, 1.807) is 0 Å². The van der Waals surface area contributed by atoms with Gasteiger partial charge in [0.15, 0.2) is 0 Å². The van der Waals surface area contributed by atoms with Crippen LogP contribution in [-0.2, 0) is 12.0 Å². The van der Waals surface area contributed by atoms with Gasteiger partial charge < -0.3 is 10.8 Å². The number of aliphatic hydroxyl groups excluding tert-OH is 1. The van der Waals surface area contributed by atoms with Gasteiger partial charge in [-0.25, -0.2) is 0 Å². The van der Waals surface area contributed by atoms with Crippen molar-refractivity contribution in [3.05, 3.63) is 35.4 Å². The van der Waals surface area contributed by atoms with E-state index in [9.17, 15) is 0 Å². The van der Waals surface area contributed by atoms with Crippen molar-refractivity contribution in [3.63, 3.8) is 0 Å². The molecule has 0 amide bonds. The van der Waals surface area contributed by atoms with Crippen LogP contribution in [0.4, 0.5) is 0 Å². The number of rotatable bonds is 3. The third-order valence-electron chi connectivity index (χ3n) is 3.95. The molecule has 1 aliphatic rings. The molecule has 0 saturated heterocycles. The number of hydrogen-bond donors (Lipinski definition) is 2. The Bertz CT molecular complexity index is 325. The van der Waals surface area contributed by atoms with Gasteiger partial charge in [-0.1, -0.05) is 43.5 Å². The van der Waals surface area contributed by atoms with E-state index >= 15 is 0 Å². The quantitative estimate of drug-likeness (QED) is 0.819. The lowest BCUT2D eigenvalue weighted by atomic mass is 9.69. The van der Waals surface area contributed by atoms with Crippen molar-refractivity contribution in [3.8, 4) is 0 Å². The van der Waals surface area contributed by atoms with Crippen LogP contribution in [0.25, 0.3) is 0 Å². The van der Waals surface area contributed by atoms with Gasteiger partial charge >= 0.3 is 0 Å². The van der Waals surface area contributed by atoms with Crippen molar-refractivity contribution in [1.29, 1.82) is 0 Å². The Morgan fingerprint density at radius 3 is 2.19 bits per heavy atom. The number of nitrogens with two attached hydrogens (primary N) is 1. The fourth-order valence-electron chi connectivity index (χ4n) is 2.80. The van der Waals surface area contributed by atoms with Crippen molar-refractivity contribution >= 4 is 0 Å². The van der Waals surface area contributed by atoms with Crippen LogP contribution in [0.3, 0.4) is 0 Å². The van der Waals surface area contributed by atoms with Crippen molar-refractivity contribution in [2.45, 2.75) is 44.1 Å². The Hall–Kier alpha value is -0.860. The molecule has 3 N–H and O–H groups in total. The summed E-state index contributed by atoms with van der Waals surface area (Å²) in [6, 6.07) is 8.32. The van der Waals surface area contributed by atoms with Crippen LogP contribution in [0.15, 0.2) is 24.3 Å². The van der Waals surface area contributed by atoms with Gasteiger partial charge in [0.05, 0.1) is 6.61 Å². The molecule has 0 aromatic heterocycles. The third kappa shape index (κ3) is 2.13. The second-order valence-corrected chi connectivity index (χ2v) is 4.90. The molecule has 0 spiro atoms. The monoisotopic (exact) mass is 219 g/mol. The van der Waals surface area contributed by atoms with E-state index in [1.807, 2.05) is 12.1 Å². The Morgan fingerprint density at radius 2 is 1.69 bits per heavy atom. The molecule has 0 atom stereocenters. The van der Waals surface area contributed by atoms with E-state index in [4.69, 9.17) is 10.8 Å². The Labute approximate surface area is 97.5 Å². The van der Waals surface area contributed by atoms with E-state index in [0.717, 1.165) is 12.1 Å². The highest BCUT2D eigenvalue weighted by atomic mass is 16.3. The first-order chi connectivity index (χ1) is 7.80. The van der Waals surface area contributed by atoms with Crippen molar-refractivity contribution in [2.24, 2.45) is 5.73 Å². The predicted molar refractivity (Wildman–Crippen MR) is 66.2 cm³/mol. The first kappa shape index (κ1) is 11.6. The molecular weight excluding hydrogens is 198 g/mol. The Balaban J connectivity index is 2.24. The van der Waals surface area contributed by atoms with Gasteiger partial charge in [-0.2, -0.15) is 0 Å². The number of hydrogen-bond acceptors (Lipinski definition) is 2. The minimum atomic E-state index is 0.121. The lowest BCUT2D eigenvalue weighted by Crippen LogP contribution is -2.37. The van der Waals surface area contributed by atoms with Crippen molar-refractivity contribution < 1.29 is 5.11 Å². The van der Waals surface area contributed by atoms with Gasteiger partial charge in [0, 0.05) is 12.0 Å². The molecule has 88 valence electrons. The molecule has 0 radical (unpaired) electrons. The van der Waals surface area contributed by atoms with Crippen molar-refractivity contribution in [1.82, 2.24) is 0 Å². The van der Waals surface area contributed by atoms with Crippen molar-refractivity contribution in [2.75, 3.05) is 6.54 Å². The van der Waals surface area contributed by atoms with E-state index in [1.165, 1.54) is 37.7 Å². The summed E-state index contributed by atoms with van der Waals surface area (Å²) >= 11 is 0. The molecule has 2 nitrogen and oxygen atoms in total. The molecule has 1 aliphatic carbocycles. The molecule has 0 aliphatic heterocycles. The minimum Gasteiger partial charge on any atom is -0.392 e. The first-order valence-electron chi connectivity index (χ1n) is 6.21. The Kier molecular flexibility index (Phi) is 3.62. The zero-order valence-electron chi connectivity index (χ0n) is 9.78. The van der Waals surface area contributed by atoms with E-state index in [-0.39, 0.29) is 12.0 Å². The maximum absolute atomic E-state index is 9.04. The maximum atomic E-state index is 9.04. The van der Waals surface area contributed by atoms with Crippen LogP contribution in [0.5, 0.6) is 0 Å². The normalized spacial score (nSPS) is 19.6. The number of aliphatic hydroxyl groups is 1. The van der Waals surface area contributed by atoms with E-state index in [0.29, 0.717) is 0 Å². The van der Waals surface area contributed by atoms with Gasteiger partial charge in [-0.15, -0.1) is 0 Å². The summed E-state index contributed by atoms with van der Waals surface area (Å²) in [5, 5.41) is 9.04.